The number of nitrogens with one attached hydrogen (secondary N) is 3. The molecule has 0 unspecified atom stereocenters. The van der Waals surface area contributed by atoms with Crippen molar-refractivity contribution in [2.45, 2.75) is 68.7 Å². The predicted octanol–water partition coefficient (Wildman–Crippen LogP) is 0.556. The Hall–Kier alpha value is -3.49. The maximum Gasteiger partial charge on any atom is 0.303 e. The van der Waals surface area contributed by atoms with Crippen molar-refractivity contribution in [3.63, 3.8) is 0 Å². The fraction of sp³-hybridized carbons (Fsp3) is 0.556. The molecule has 1 aromatic heterocycles. The van der Waals surface area contributed by atoms with E-state index in [0.717, 1.165) is 41.0 Å². The summed E-state index contributed by atoms with van der Waals surface area (Å²) in [5, 5.41) is 2.81. The normalized spacial score (nSPS) is 29.3. The molecule has 1 saturated carbocycles. The second kappa shape index (κ2) is 11.4. The van der Waals surface area contributed by atoms with Gasteiger partial charge in [-0.05, 0) is 37.8 Å². The van der Waals surface area contributed by atoms with Gasteiger partial charge in [0.05, 0.1) is 23.6 Å². The molecule has 1 saturated heterocycles. The fourth-order valence-corrected chi connectivity index (χ4v) is 6.10. The number of para-hydroxylation sites is 2. The zero-order valence-corrected chi connectivity index (χ0v) is 24.0. The van der Waals surface area contributed by atoms with Crippen LogP contribution in [0.25, 0.3) is 11.0 Å². The molecule has 3 heterocycles. The van der Waals surface area contributed by atoms with E-state index in [1.807, 2.05) is 36.4 Å². The third kappa shape index (κ3) is 6.09. The number of amides is 3. The molecule has 5 atom stereocenters. The second-order valence-corrected chi connectivity index (χ2v) is 13.1. The number of benzene rings is 1. The van der Waals surface area contributed by atoms with Gasteiger partial charge in [-0.25, -0.2) is 4.72 Å². The first-order chi connectivity index (χ1) is 19.5. The summed E-state index contributed by atoms with van der Waals surface area (Å²) >= 11 is 0. The molecule has 5 N–H and O–H groups in total. The van der Waals surface area contributed by atoms with Crippen LogP contribution in [0.3, 0.4) is 0 Å². The van der Waals surface area contributed by atoms with Crippen LogP contribution in [-0.4, -0.2) is 89.7 Å². The molecule has 222 valence electrons. The monoisotopic (exact) mass is 587 g/mol. The first kappa shape index (κ1) is 29.0. The van der Waals surface area contributed by atoms with Crippen molar-refractivity contribution in [3.8, 4) is 6.01 Å². The van der Waals surface area contributed by atoms with Crippen molar-refractivity contribution in [3.05, 3.63) is 36.4 Å². The van der Waals surface area contributed by atoms with E-state index >= 15 is 0 Å². The van der Waals surface area contributed by atoms with E-state index in [9.17, 15) is 22.8 Å². The van der Waals surface area contributed by atoms with Gasteiger partial charge < -0.3 is 25.7 Å². The van der Waals surface area contributed by atoms with Gasteiger partial charge in [-0.3, -0.25) is 14.4 Å². The lowest BCUT2D eigenvalue weighted by atomic mass is 10.1. The summed E-state index contributed by atoms with van der Waals surface area (Å²) in [5.41, 5.74) is 6.35. The topological polar surface area (TPSA) is 180 Å². The Labute approximate surface area is 239 Å². The number of rotatable bonds is 5. The summed E-state index contributed by atoms with van der Waals surface area (Å²) in [5.74, 6) is -2.13. The molecule has 3 aliphatic rings. The summed E-state index contributed by atoms with van der Waals surface area (Å²) in [4.78, 5) is 49.5. The van der Waals surface area contributed by atoms with Gasteiger partial charge in [0, 0.05) is 26.4 Å². The van der Waals surface area contributed by atoms with Crippen LogP contribution in [-0.2, 0) is 24.6 Å². The van der Waals surface area contributed by atoms with E-state index in [-0.39, 0.29) is 37.2 Å². The summed E-state index contributed by atoms with van der Waals surface area (Å²) in [6, 6.07) is 5.96. The van der Waals surface area contributed by atoms with Gasteiger partial charge >= 0.3 is 10.2 Å². The van der Waals surface area contributed by atoms with Crippen LogP contribution in [0.2, 0.25) is 0 Å². The van der Waals surface area contributed by atoms with Crippen LogP contribution in [0.1, 0.15) is 44.9 Å². The van der Waals surface area contributed by atoms with Gasteiger partial charge in [0.1, 0.15) is 17.7 Å². The highest BCUT2D eigenvalue weighted by Gasteiger charge is 2.61. The number of aromatic amines is 1. The standard InChI is InChI=1S/C27H37N7O6S/c1-33(2)41(38,39)32-25(37)27-15-17(27)10-6-4-3-5-7-11-19(28)24(36)34-16-18(14-22(34)23(35)31-27)40-26-29-20-12-8-9-13-21(20)30-26/h6,8-10,12-13,17-19,22H,3-5,7,11,14-16,28H2,1-2H3,(H,29,30)(H,31,35)(H,32,37)/t17-,18-,19+,22+,27-/m1/s1. The van der Waals surface area contributed by atoms with Gasteiger partial charge in [-0.2, -0.15) is 17.7 Å². The van der Waals surface area contributed by atoms with Crippen molar-refractivity contribution >= 4 is 39.0 Å². The van der Waals surface area contributed by atoms with Crippen LogP contribution in [0.4, 0.5) is 0 Å². The molecule has 3 amide bonds. The number of hydrogen-bond donors (Lipinski definition) is 4. The number of aromatic nitrogens is 2. The van der Waals surface area contributed by atoms with Gasteiger partial charge in [-0.1, -0.05) is 37.1 Å². The molecule has 1 aromatic carbocycles. The molecule has 2 aliphatic heterocycles. The Kier molecular flexibility index (Phi) is 8.08. The Balaban J connectivity index is 1.40. The third-order valence-corrected chi connectivity index (χ3v) is 9.44. The van der Waals surface area contributed by atoms with E-state index in [2.05, 4.69) is 20.0 Å². The highest BCUT2D eigenvalue weighted by molar-refractivity contribution is 7.87. The first-order valence-electron chi connectivity index (χ1n) is 13.9. The van der Waals surface area contributed by atoms with E-state index in [4.69, 9.17) is 10.5 Å². The molecule has 14 heteroatoms. The molecule has 2 fully saturated rings. The molecule has 41 heavy (non-hydrogen) atoms. The minimum absolute atomic E-state index is 0.110. The number of ether oxygens (including phenoxy) is 1. The maximum atomic E-state index is 13.8. The van der Waals surface area contributed by atoms with Crippen LogP contribution in [0.5, 0.6) is 6.01 Å². The molecular weight excluding hydrogens is 550 g/mol. The Morgan fingerprint density at radius 1 is 1.22 bits per heavy atom. The lowest BCUT2D eigenvalue weighted by Gasteiger charge is -2.28. The summed E-state index contributed by atoms with van der Waals surface area (Å²) < 4.78 is 33.9. The molecule has 0 bridgehead atoms. The van der Waals surface area contributed by atoms with Gasteiger partial charge in [0.15, 0.2) is 0 Å². The lowest BCUT2D eigenvalue weighted by Crippen LogP contribution is -2.58. The largest absolute Gasteiger partial charge is 0.459 e. The maximum absolute atomic E-state index is 13.8. The summed E-state index contributed by atoms with van der Waals surface area (Å²) in [7, 11) is -1.47. The minimum atomic E-state index is -4.08. The quantitative estimate of drug-likeness (QED) is 0.366. The number of carbonyl (C=O) groups excluding carboxylic acids is 3. The van der Waals surface area contributed by atoms with Crippen molar-refractivity contribution < 1.29 is 27.5 Å². The van der Waals surface area contributed by atoms with Crippen molar-refractivity contribution in [2.75, 3.05) is 20.6 Å². The highest BCUT2D eigenvalue weighted by Crippen LogP contribution is 2.45. The smallest absolute Gasteiger partial charge is 0.303 e. The Bertz CT molecular complexity index is 1420. The number of nitrogens with zero attached hydrogens (tertiary/aromatic N) is 3. The fourth-order valence-electron chi connectivity index (χ4n) is 5.50. The highest BCUT2D eigenvalue weighted by atomic mass is 32.2. The summed E-state index contributed by atoms with van der Waals surface area (Å²) in [6.07, 6.45) is 7.41. The third-order valence-electron chi connectivity index (χ3n) is 8.03. The van der Waals surface area contributed by atoms with Crippen LogP contribution in [0, 0.1) is 5.92 Å². The van der Waals surface area contributed by atoms with Crippen LogP contribution >= 0.6 is 0 Å². The van der Waals surface area contributed by atoms with Gasteiger partial charge in [0.2, 0.25) is 11.8 Å². The van der Waals surface area contributed by atoms with Gasteiger partial charge in [0.25, 0.3) is 11.9 Å². The van der Waals surface area contributed by atoms with Gasteiger partial charge in [-0.15, -0.1) is 0 Å². The number of carbonyl (C=O) groups is 3. The Morgan fingerprint density at radius 3 is 2.76 bits per heavy atom. The number of fused-ring (bicyclic) bond motifs is 3. The Morgan fingerprint density at radius 2 is 2.00 bits per heavy atom. The molecule has 0 radical (unpaired) electrons. The zero-order valence-electron chi connectivity index (χ0n) is 23.2. The van der Waals surface area contributed by atoms with Crippen LogP contribution in [0.15, 0.2) is 36.4 Å². The van der Waals surface area contributed by atoms with E-state index in [1.165, 1.54) is 19.0 Å². The van der Waals surface area contributed by atoms with E-state index in [0.29, 0.717) is 6.42 Å². The number of imidazole rings is 1. The average molecular weight is 588 g/mol. The summed E-state index contributed by atoms with van der Waals surface area (Å²) in [6.45, 7) is 0.110. The van der Waals surface area contributed by atoms with E-state index in [1.54, 1.807) is 0 Å². The van der Waals surface area contributed by atoms with Crippen molar-refractivity contribution in [1.29, 1.82) is 0 Å². The lowest BCUT2D eigenvalue weighted by molar-refractivity contribution is -0.140. The number of H-pyrrole nitrogens is 1. The zero-order chi connectivity index (χ0) is 29.4. The van der Waals surface area contributed by atoms with Crippen molar-refractivity contribution in [2.24, 2.45) is 11.7 Å². The van der Waals surface area contributed by atoms with Crippen LogP contribution < -0.4 is 20.5 Å². The van der Waals surface area contributed by atoms with E-state index < -0.39 is 45.8 Å². The second-order valence-electron chi connectivity index (χ2n) is 11.2. The molecular formula is C27H37N7O6S. The SMILES string of the molecule is CN(C)S(=O)(=O)NC(=O)[C@@]12C[C@H]1C=CCCCCC[C@H](N)C(=O)N1C[C@H](Oc3nc4ccccc4[nH]3)C[C@H]1C(=O)N2. The molecule has 5 rings (SSSR count). The number of hydrogen-bond acceptors (Lipinski definition) is 8. The molecule has 1 aliphatic carbocycles. The van der Waals surface area contributed by atoms with Crippen molar-refractivity contribution in [1.82, 2.24) is 29.2 Å². The molecule has 0 spiro atoms. The first-order valence-corrected chi connectivity index (χ1v) is 15.3. The number of allylic oxidation sites excluding steroid dienone is 1. The average Bonchev–Trinajstić information content (AvgIpc) is 3.24. The molecule has 13 nitrogen and oxygen atoms in total. The molecule has 2 aromatic rings. The minimum Gasteiger partial charge on any atom is -0.459 e. The predicted molar refractivity (Wildman–Crippen MR) is 151 cm³/mol. The number of nitrogens with two attached hydrogens (primary N) is 1.